The summed E-state index contributed by atoms with van der Waals surface area (Å²) in [6, 6.07) is 13.5. The largest absolute Gasteiger partial charge is 0.325 e. The highest BCUT2D eigenvalue weighted by Crippen LogP contribution is 2.27. The van der Waals surface area contributed by atoms with E-state index in [-0.39, 0.29) is 11.8 Å². The molecular formula is C19H19BrCl2N2O. The number of carbonyl (C=O) groups excluding carboxylic acids is 1. The Kier molecular flexibility index (Phi) is 6.39. The van der Waals surface area contributed by atoms with E-state index in [9.17, 15) is 4.79 Å². The highest BCUT2D eigenvalue weighted by atomic mass is 79.9. The van der Waals surface area contributed by atoms with E-state index in [4.69, 9.17) is 23.2 Å². The minimum Gasteiger partial charge on any atom is -0.325 e. The van der Waals surface area contributed by atoms with Gasteiger partial charge in [0.1, 0.15) is 0 Å². The molecule has 1 aliphatic heterocycles. The summed E-state index contributed by atoms with van der Waals surface area (Å²) in [4.78, 5) is 14.9. The normalized spacial score (nSPS) is 16.0. The Bertz CT molecular complexity index is 744. The SMILES string of the molecule is O=C(Nc1ccc(Cl)cc1Cl)C1CCN(Cc2ccc(Br)cc2)CC1. The summed E-state index contributed by atoms with van der Waals surface area (Å²) in [5, 5.41) is 3.95. The van der Waals surface area contributed by atoms with E-state index in [1.54, 1.807) is 18.2 Å². The molecule has 0 spiro atoms. The van der Waals surface area contributed by atoms with Crippen LogP contribution in [0.3, 0.4) is 0 Å². The lowest BCUT2D eigenvalue weighted by Crippen LogP contribution is -2.37. The Morgan fingerprint density at radius 3 is 2.44 bits per heavy atom. The molecule has 0 aromatic heterocycles. The first kappa shape index (κ1) is 18.7. The Balaban J connectivity index is 1.51. The zero-order valence-electron chi connectivity index (χ0n) is 13.6. The van der Waals surface area contributed by atoms with Gasteiger partial charge in [0.15, 0.2) is 0 Å². The minimum atomic E-state index is 0.0212. The number of amides is 1. The van der Waals surface area contributed by atoms with Crippen LogP contribution in [-0.2, 0) is 11.3 Å². The second-order valence-electron chi connectivity index (χ2n) is 6.29. The second-order valence-corrected chi connectivity index (χ2v) is 8.05. The molecule has 2 aromatic carbocycles. The van der Waals surface area contributed by atoms with Gasteiger partial charge in [0.05, 0.1) is 10.7 Å². The Morgan fingerprint density at radius 1 is 1.12 bits per heavy atom. The minimum absolute atomic E-state index is 0.0212. The van der Waals surface area contributed by atoms with E-state index < -0.39 is 0 Å². The summed E-state index contributed by atoms with van der Waals surface area (Å²) in [6.45, 7) is 2.76. The van der Waals surface area contributed by atoms with Crippen LogP contribution in [0.25, 0.3) is 0 Å². The summed E-state index contributed by atoms with van der Waals surface area (Å²) < 4.78 is 1.09. The van der Waals surface area contributed by atoms with Gasteiger partial charge in [-0.25, -0.2) is 0 Å². The standard InChI is InChI=1S/C19H19BrCl2N2O/c20-15-3-1-13(2-4-15)12-24-9-7-14(8-10-24)19(25)23-18-6-5-16(21)11-17(18)22/h1-6,11,14H,7-10,12H2,(H,23,25). The number of hydrogen-bond acceptors (Lipinski definition) is 2. The molecule has 3 rings (SSSR count). The Morgan fingerprint density at radius 2 is 1.80 bits per heavy atom. The molecule has 1 N–H and O–H groups in total. The molecule has 1 saturated heterocycles. The summed E-state index contributed by atoms with van der Waals surface area (Å²) in [6.07, 6.45) is 1.71. The van der Waals surface area contributed by atoms with Crippen molar-refractivity contribution >= 4 is 50.7 Å². The van der Waals surface area contributed by atoms with Gasteiger partial charge in [-0.2, -0.15) is 0 Å². The first-order chi connectivity index (χ1) is 12.0. The van der Waals surface area contributed by atoms with Gasteiger partial charge in [-0.15, -0.1) is 0 Å². The summed E-state index contributed by atoms with van der Waals surface area (Å²) in [7, 11) is 0. The first-order valence-electron chi connectivity index (χ1n) is 8.24. The summed E-state index contributed by atoms with van der Waals surface area (Å²) in [5.74, 6) is 0.0560. The summed E-state index contributed by atoms with van der Waals surface area (Å²) >= 11 is 15.5. The van der Waals surface area contributed by atoms with Gasteiger partial charge in [0.25, 0.3) is 0 Å². The molecule has 1 fully saturated rings. The second kappa shape index (κ2) is 8.54. The molecule has 1 amide bonds. The molecule has 0 saturated carbocycles. The van der Waals surface area contributed by atoms with Crippen molar-refractivity contribution in [2.24, 2.45) is 5.92 Å². The van der Waals surface area contributed by atoms with Crippen LogP contribution in [0.1, 0.15) is 18.4 Å². The maximum atomic E-state index is 12.5. The van der Waals surface area contributed by atoms with Crippen LogP contribution >= 0.6 is 39.1 Å². The number of nitrogens with zero attached hydrogens (tertiary/aromatic N) is 1. The average molecular weight is 442 g/mol. The molecule has 0 bridgehead atoms. The van der Waals surface area contributed by atoms with Crippen LogP contribution in [-0.4, -0.2) is 23.9 Å². The van der Waals surface area contributed by atoms with Gasteiger partial charge in [0, 0.05) is 22.0 Å². The molecule has 0 aliphatic carbocycles. The van der Waals surface area contributed by atoms with E-state index in [2.05, 4.69) is 50.4 Å². The average Bonchev–Trinajstić information content (AvgIpc) is 2.60. The van der Waals surface area contributed by atoms with Gasteiger partial charge in [-0.1, -0.05) is 51.3 Å². The number of carbonyl (C=O) groups is 1. The molecule has 0 radical (unpaired) electrons. The molecular weight excluding hydrogens is 423 g/mol. The maximum Gasteiger partial charge on any atom is 0.227 e. The number of likely N-dealkylation sites (tertiary alicyclic amines) is 1. The van der Waals surface area contributed by atoms with Gasteiger partial charge >= 0.3 is 0 Å². The van der Waals surface area contributed by atoms with Gasteiger partial charge in [0.2, 0.25) is 5.91 Å². The fourth-order valence-electron chi connectivity index (χ4n) is 3.03. The predicted molar refractivity (Wildman–Crippen MR) is 107 cm³/mol. The van der Waals surface area contributed by atoms with Crippen molar-refractivity contribution in [3.63, 3.8) is 0 Å². The zero-order chi connectivity index (χ0) is 17.8. The van der Waals surface area contributed by atoms with E-state index in [1.165, 1.54) is 5.56 Å². The van der Waals surface area contributed by atoms with Crippen molar-refractivity contribution in [2.75, 3.05) is 18.4 Å². The quantitative estimate of drug-likeness (QED) is 0.668. The molecule has 0 unspecified atom stereocenters. The smallest absolute Gasteiger partial charge is 0.227 e. The summed E-state index contributed by atoms with van der Waals surface area (Å²) in [5.41, 5.74) is 1.91. The van der Waals surface area contributed by atoms with Crippen LogP contribution in [0, 0.1) is 5.92 Å². The molecule has 25 heavy (non-hydrogen) atoms. The number of piperidine rings is 1. The van der Waals surface area contributed by atoms with Crippen molar-refractivity contribution in [3.8, 4) is 0 Å². The fraction of sp³-hybridized carbons (Fsp3) is 0.316. The van der Waals surface area contributed by atoms with Crippen molar-refractivity contribution in [1.29, 1.82) is 0 Å². The van der Waals surface area contributed by atoms with Crippen LogP contribution in [0.2, 0.25) is 10.0 Å². The van der Waals surface area contributed by atoms with Gasteiger partial charge in [-0.3, -0.25) is 9.69 Å². The van der Waals surface area contributed by atoms with Crippen LogP contribution < -0.4 is 5.32 Å². The third-order valence-corrected chi connectivity index (χ3v) is 5.54. The number of anilines is 1. The third-order valence-electron chi connectivity index (χ3n) is 4.47. The van der Waals surface area contributed by atoms with Crippen molar-refractivity contribution < 1.29 is 4.79 Å². The maximum absolute atomic E-state index is 12.5. The fourth-order valence-corrected chi connectivity index (χ4v) is 3.75. The highest BCUT2D eigenvalue weighted by Gasteiger charge is 2.25. The van der Waals surface area contributed by atoms with E-state index in [0.717, 1.165) is 36.9 Å². The van der Waals surface area contributed by atoms with Crippen molar-refractivity contribution in [2.45, 2.75) is 19.4 Å². The van der Waals surface area contributed by atoms with Crippen molar-refractivity contribution in [3.05, 3.63) is 62.5 Å². The number of hydrogen-bond donors (Lipinski definition) is 1. The van der Waals surface area contributed by atoms with Crippen LogP contribution in [0.4, 0.5) is 5.69 Å². The zero-order valence-corrected chi connectivity index (χ0v) is 16.7. The van der Waals surface area contributed by atoms with Gasteiger partial charge in [-0.05, 0) is 61.8 Å². The molecule has 6 heteroatoms. The Hall–Kier alpha value is -1.07. The predicted octanol–water partition coefficient (Wildman–Crippen LogP) is 5.61. The number of benzene rings is 2. The van der Waals surface area contributed by atoms with E-state index in [1.807, 2.05) is 0 Å². The molecule has 132 valence electrons. The first-order valence-corrected chi connectivity index (χ1v) is 9.79. The van der Waals surface area contributed by atoms with Gasteiger partial charge < -0.3 is 5.32 Å². The molecule has 0 atom stereocenters. The Labute approximate surface area is 166 Å². The van der Waals surface area contributed by atoms with Crippen LogP contribution in [0.5, 0.6) is 0 Å². The van der Waals surface area contributed by atoms with Crippen LogP contribution in [0.15, 0.2) is 46.9 Å². The number of nitrogens with one attached hydrogen (secondary N) is 1. The lowest BCUT2D eigenvalue weighted by Gasteiger charge is -2.31. The highest BCUT2D eigenvalue weighted by molar-refractivity contribution is 9.10. The topological polar surface area (TPSA) is 32.3 Å². The third kappa shape index (κ3) is 5.20. The number of halogens is 3. The molecule has 1 heterocycles. The monoisotopic (exact) mass is 440 g/mol. The lowest BCUT2D eigenvalue weighted by atomic mass is 9.95. The molecule has 1 aliphatic rings. The molecule has 3 nitrogen and oxygen atoms in total. The number of rotatable bonds is 4. The van der Waals surface area contributed by atoms with E-state index >= 15 is 0 Å². The molecule has 2 aromatic rings. The van der Waals surface area contributed by atoms with Crippen molar-refractivity contribution in [1.82, 2.24) is 4.90 Å². The lowest BCUT2D eigenvalue weighted by molar-refractivity contribution is -0.121. The van der Waals surface area contributed by atoms with E-state index in [0.29, 0.717) is 15.7 Å².